The Labute approximate surface area is 191 Å². The molecule has 9 heteroatoms. The number of benzene rings is 3. The molecule has 0 fully saturated rings. The number of hydrogen-bond acceptors (Lipinski definition) is 4. The number of ether oxygens (including phenoxy) is 2. The van der Waals surface area contributed by atoms with Gasteiger partial charge in [0.15, 0.2) is 0 Å². The number of hydrogen-bond donors (Lipinski definition) is 0. The van der Waals surface area contributed by atoms with Crippen LogP contribution in [0, 0.1) is 0 Å². The summed E-state index contributed by atoms with van der Waals surface area (Å²) >= 11 is 0. The minimum atomic E-state index is -4.62. The summed E-state index contributed by atoms with van der Waals surface area (Å²) in [4.78, 5) is 0.0253. The highest BCUT2D eigenvalue weighted by Gasteiger charge is 2.34. The zero-order valence-corrected chi connectivity index (χ0v) is 19.2. The summed E-state index contributed by atoms with van der Waals surface area (Å²) in [6.45, 7) is 3.21. The van der Waals surface area contributed by atoms with Crippen molar-refractivity contribution in [1.29, 1.82) is 0 Å². The van der Waals surface area contributed by atoms with Gasteiger partial charge in [-0.2, -0.15) is 13.2 Å². The van der Waals surface area contributed by atoms with Crippen molar-refractivity contribution in [2.45, 2.75) is 37.6 Å². The fourth-order valence-corrected chi connectivity index (χ4v) is 5.00. The van der Waals surface area contributed by atoms with Gasteiger partial charge in [0.25, 0.3) is 10.0 Å². The maximum Gasteiger partial charge on any atom is 0.416 e. The highest BCUT2D eigenvalue weighted by Crippen LogP contribution is 2.39. The van der Waals surface area contributed by atoms with Crippen molar-refractivity contribution >= 4 is 15.7 Å². The molecule has 3 rings (SSSR count). The molecule has 0 bridgehead atoms. The van der Waals surface area contributed by atoms with Crippen LogP contribution in [-0.2, 0) is 22.8 Å². The average molecular weight is 480 g/mol. The third-order valence-electron chi connectivity index (χ3n) is 4.82. The Morgan fingerprint density at radius 1 is 0.939 bits per heavy atom. The highest BCUT2D eigenvalue weighted by molar-refractivity contribution is 7.92. The smallest absolute Gasteiger partial charge is 0.416 e. The Hall–Kier alpha value is -3.20. The number of alkyl halides is 3. The summed E-state index contributed by atoms with van der Waals surface area (Å²) in [7, 11) is -2.57. The third-order valence-corrected chi connectivity index (χ3v) is 6.83. The maximum absolute atomic E-state index is 13.4. The molecule has 0 radical (unpaired) electrons. The molecule has 0 aromatic heterocycles. The number of anilines is 1. The van der Waals surface area contributed by atoms with E-state index in [0.717, 1.165) is 22.5 Å². The summed E-state index contributed by atoms with van der Waals surface area (Å²) in [5.74, 6) is 0.372. The summed E-state index contributed by atoms with van der Waals surface area (Å²) in [6, 6.07) is 16.8. The van der Waals surface area contributed by atoms with E-state index < -0.39 is 27.8 Å². The molecule has 0 saturated carbocycles. The maximum atomic E-state index is 13.4. The van der Waals surface area contributed by atoms with E-state index in [1.807, 2.05) is 0 Å². The molecule has 0 aliphatic rings. The zero-order valence-electron chi connectivity index (χ0n) is 18.3. The van der Waals surface area contributed by atoms with Crippen LogP contribution in [0.2, 0.25) is 0 Å². The first kappa shape index (κ1) is 24.4. The van der Waals surface area contributed by atoms with Gasteiger partial charge in [0.2, 0.25) is 0 Å². The average Bonchev–Trinajstić information content (AvgIpc) is 2.78. The van der Waals surface area contributed by atoms with Crippen LogP contribution in [0.5, 0.6) is 11.5 Å². The lowest BCUT2D eigenvalue weighted by molar-refractivity contribution is -0.137. The summed E-state index contributed by atoms with van der Waals surface area (Å²) < 4.78 is 79.0. The van der Waals surface area contributed by atoms with E-state index in [1.165, 1.54) is 19.2 Å². The van der Waals surface area contributed by atoms with E-state index in [2.05, 4.69) is 0 Å². The molecule has 0 aliphatic carbocycles. The summed E-state index contributed by atoms with van der Waals surface area (Å²) in [5, 5.41) is 0. The molecule has 0 amide bonds. The molecule has 0 aliphatic heterocycles. The summed E-state index contributed by atoms with van der Waals surface area (Å²) in [5.41, 5.74) is -0.266. The lowest BCUT2D eigenvalue weighted by atomic mass is 10.1. The third kappa shape index (κ3) is 5.60. The number of sulfonamides is 1. The van der Waals surface area contributed by atoms with Crippen LogP contribution in [0.1, 0.15) is 25.0 Å². The molecule has 0 saturated heterocycles. The van der Waals surface area contributed by atoms with E-state index in [-0.39, 0.29) is 22.9 Å². The first-order valence-electron chi connectivity index (χ1n) is 10.1. The Morgan fingerprint density at radius 2 is 1.64 bits per heavy atom. The second-order valence-electron chi connectivity index (χ2n) is 7.53. The van der Waals surface area contributed by atoms with Crippen LogP contribution in [0.15, 0.2) is 77.7 Å². The van der Waals surface area contributed by atoms with Crippen molar-refractivity contribution in [1.82, 2.24) is 0 Å². The van der Waals surface area contributed by atoms with Crippen LogP contribution < -0.4 is 13.8 Å². The predicted octanol–water partition coefficient (Wildman–Crippen LogP) is 5.90. The molecule has 33 heavy (non-hydrogen) atoms. The van der Waals surface area contributed by atoms with Crippen molar-refractivity contribution in [3.05, 3.63) is 83.9 Å². The van der Waals surface area contributed by atoms with Gasteiger partial charge in [-0.05, 0) is 61.9 Å². The van der Waals surface area contributed by atoms with E-state index in [0.29, 0.717) is 11.3 Å². The van der Waals surface area contributed by atoms with Crippen molar-refractivity contribution < 1.29 is 31.1 Å². The zero-order chi connectivity index (χ0) is 24.2. The van der Waals surface area contributed by atoms with Gasteiger partial charge in [-0.25, -0.2) is 8.42 Å². The normalized spacial score (nSPS) is 12.0. The van der Waals surface area contributed by atoms with Crippen molar-refractivity contribution in [3.63, 3.8) is 0 Å². The molecular weight excluding hydrogens is 455 g/mol. The molecule has 0 unspecified atom stereocenters. The topological polar surface area (TPSA) is 55.8 Å². The molecule has 3 aromatic carbocycles. The number of halogens is 3. The molecule has 3 aromatic rings. The molecule has 0 atom stereocenters. The molecular formula is C24H24F3NO4S. The van der Waals surface area contributed by atoms with E-state index >= 15 is 0 Å². The first-order valence-corrected chi connectivity index (χ1v) is 11.5. The second kappa shape index (κ2) is 9.74. The van der Waals surface area contributed by atoms with Gasteiger partial charge in [-0.1, -0.05) is 30.3 Å². The minimum absolute atomic E-state index is 0.0183. The summed E-state index contributed by atoms with van der Waals surface area (Å²) in [6.07, 6.45) is -4.62. The van der Waals surface area contributed by atoms with Crippen LogP contribution in [0.3, 0.4) is 0 Å². The molecule has 176 valence electrons. The number of nitrogens with zero attached hydrogens (tertiary/aromatic N) is 1. The number of methoxy groups -OCH3 is 1. The highest BCUT2D eigenvalue weighted by atomic mass is 32.2. The SMILES string of the molecule is COc1cccc(COc2cc(C(F)(F)F)ccc2N(C(C)C)S(=O)(=O)c2ccccc2)c1. The van der Waals surface area contributed by atoms with Gasteiger partial charge in [-0.15, -0.1) is 0 Å². The minimum Gasteiger partial charge on any atom is -0.497 e. The number of rotatable bonds is 8. The molecule has 0 N–H and O–H groups in total. The fraction of sp³-hybridized carbons (Fsp3) is 0.250. The van der Waals surface area contributed by atoms with Crippen LogP contribution in [0.25, 0.3) is 0 Å². The Kier molecular flexibility index (Phi) is 7.22. The lowest BCUT2D eigenvalue weighted by Gasteiger charge is -2.30. The Morgan fingerprint density at radius 3 is 2.24 bits per heavy atom. The first-order chi connectivity index (χ1) is 15.5. The molecule has 0 heterocycles. The lowest BCUT2D eigenvalue weighted by Crippen LogP contribution is -2.37. The monoisotopic (exact) mass is 479 g/mol. The second-order valence-corrected chi connectivity index (χ2v) is 9.34. The van der Waals surface area contributed by atoms with Crippen LogP contribution in [-0.4, -0.2) is 21.6 Å². The Bertz CT molecular complexity index is 1200. The van der Waals surface area contributed by atoms with Crippen LogP contribution in [0.4, 0.5) is 18.9 Å². The van der Waals surface area contributed by atoms with Gasteiger partial charge < -0.3 is 9.47 Å². The van der Waals surface area contributed by atoms with Crippen molar-refractivity contribution in [2.24, 2.45) is 0 Å². The van der Waals surface area contributed by atoms with Gasteiger partial charge in [-0.3, -0.25) is 4.31 Å². The predicted molar refractivity (Wildman–Crippen MR) is 120 cm³/mol. The van der Waals surface area contributed by atoms with Crippen molar-refractivity contribution in [2.75, 3.05) is 11.4 Å². The van der Waals surface area contributed by atoms with E-state index in [9.17, 15) is 21.6 Å². The van der Waals surface area contributed by atoms with Crippen LogP contribution >= 0.6 is 0 Å². The van der Waals surface area contributed by atoms with Crippen molar-refractivity contribution in [3.8, 4) is 11.5 Å². The fourth-order valence-electron chi connectivity index (χ4n) is 3.30. The quantitative estimate of drug-likeness (QED) is 0.404. The molecule has 0 spiro atoms. The molecule has 5 nitrogen and oxygen atoms in total. The van der Waals surface area contributed by atoms with E-state index in [1.54, 1.807) is 56.3 Å². The van der Waals surface area contributed by atoms with Gasteiger partial charge >= 0.3 is 6.18 Å². The van der Waals surface area contributed by atoms with E-state index in [4.69, 9.17) is 9.47 Å². The Balaban J connectivity index is 2.08. The van der Waals surface area contributed by atoms with Gasteiger partial charge in [0.05, 0.1) is 23.3 Å². The standard InChI is InChI=1S/C24H24F3NO4S/c1-17(2)28(33(29,30)21-10-5-4-6-11-21)22-13-12-19(24(25,26)27)15-23(22)32-16-18-8-7-9-20(14-18)31-3/h4-15,17H,16H2,1-3H3. The van der Waals surface area contributed by atoms with Gasteiger partial charge in [0, 0.05) is 6.04 Å². The largest absolute Gasteiger partial charge is 0.497 e. The van der Waals surface area contributed by atoms with Gasteiger partial charge in [0.1, 0.15) is 18.1 Å².